The summed E-state index contributed by atoms with van der Waals surface area (Å²) in [6.07, 6.45) is 5.44. The lowest BCUT2D eigenvalue weighted by atomic mass is 9.83. The zero-order valence-electron chi connectivity index (χ0n) is 12.6. The first-order valence-electron chi connectivity index (χ1n) is 7.71. The summed E-state index contributed by atoms with van der Waals surface area (Å²) in [7, 11) is 0. The van der Waals surface area contributed by atoms with Crippen LogP contribution in [0.3, 0.4) is 0 Å². The fourth-order valence-corrected chi connectivity index (χ4v) is 2.93. The number of benzene rings is 1. The van der Waals surface area contributed by atoms with Gasteiger partial charge in [-0.15, -0.1) is 0 Å². The molecular weight excluding hydrogens is 248 g/mol. The maximum absolute atomic E-state index is 11.2. The molecule has 0 saturated heterocycles. The van der Waals surface area contributed by atoms with Crippen LogP contribution in [-0.4, -0.2) is 12.5 Å². The van der Waals surface area contributed by atoms with E-state index in [4.69, 9.17) is 0 Å². The van der Waals surface area contributed by atoms with E-state index < -0.39 is 0 Å². The van der Waals surface area contributed by atoms with Crippen molar-refractivity contribution < 1.29 is 4.79 Å². The summed E-state index contributed by atoms with van der Waals surface area (Å²) in [5.74, 6) is 1.71. The van der Waals surface area contributed by atoms with Gasteiger partial charge >= 0.3 is 0 Å². The molecule has 1 aliphatic rings. The van der Waals surface area contributed by atoms with Gasteiger partial charge in [-0.05, 0) is 42.9 Å². The Morgan fingerprint density at radius 2 is 1.90 bits per heavy atom. The van der Waals surface area contributed by atoms with Crippen molar-refractivity contribution in [2.75, 3.05) is 11.9 Å². The first-order valence-corrected chi connectivity index (χ1v) is 7.71. The Labute approximate surface area is 122 Å². The van der Waals surface area contributed by atoms with Gasteiger partial charge < -0.3 is 10.6 Å². The van der Waals surface area contributed by atoms with Gasteiger partial charge in [-0.25, -0.2) is 0 Å². The van der Waals surface area contributed by atoms with Crippen molar-refractivity contribution in [2.45, 2.75) is 46.1 Å². The van der Waals surface area contributed by atoms with Crippen LogP contribution >= 0.6 is 0 Å². The second-order valence-electron chi connectivity index (χ2n) is 6.10. The highest BCUT2D eigenvalue weighted by Gasteiger charge is 2.17. The number of anilines is 1. The molecule has 1 aliphatic carbocycles. The molecule has 0 spiro atoms. The van der Waals surface area contributed by atoms with Crippen LogP contribution in [0.1, 0.15) is 45.1 Å². The number of rotatable bonds is 5. The van der Waals surface area contributed by atoms with Gasteiger partial charge in [0.25, 0.3) is 0 Å². The van der Waals surface area contributed by atoms with Crippen molar-refractivity contribution in [1.82, 2.24) is 5.32 Å². The molecule has 0 radical (unpaired) electrons. The Kier molecular flexibility index (Phi) is 5.60. The molecule has 1 fully saturated rings. The van der Waals surface area contributed by atoms with Crippen molar-refractivity contribution in [3.63, 3.8) is 0 Å². The minimum absolute atomic E-state index is 0.0151. The topological polar surface area (TPSA) is 41.1 Å². The van der Waals surface area contributed by atoms with Crippen molar-refractivity contribution in [2.24, 2.45) is 11.8 Å². The third-order valence-corrected chi connectivity index (χ3v) is 4.21. The molecule has 0 bridgehead atoms. The molecule has 0 unspecified atom stereocenters. The zero-order chi connectivity index (χ0) is 14.4. The normalized spacial score (nSPS) is 22.5. The number of carbonyl (C=O) groups excluding carboxylic acids is 1. The maximum Gasteiger partial charge on any atom is 0.221 e. The Morgan fingerprint density at radius 3 is 2.60 bits per heavy atom. The molecule has 20 heavy (non-hydrogen) atoms. The largest absolute Gasteiger partial charge is 0.326 e. The van der Waals surface area contributed by atoms with E-state index in [1.165, 1.54) is 25.7 Å². The molecule has 1 saturated carbocycles. The fraction of sp³-hybridized carbons (Fsp3) is 0.588. The molecule has 3 nitrogen and oxygen atoms in total. The standard InChI is InChI=1S/C17H26N2O/c1-13-7-9-15(10-8-13)11-18-12-16-5-3-4-6-17(16)19-14(2)20/h3-6,13,15,18H,7-12H2,1-2H3,(H,19,20). The van der Waals surface area contributed by atoms with E-state index >= 15 is 0 Å². The third kappa shape index (κ3) is 4.64. The molecule has 3 heteroatoms. The molecule has 1 aromatic rings. The van der Waals surface area contributed by atoms with Crippen LogP contribution in [0.4, 0.5) is 5.69 Å². The van der Waals surface area contributed by atoms with Gasteiger partial charge in [-0.2, -0.15) is 0 Å². The number of amides is 1. The maximum atomic E-state index is 11.2. The second kappa shape index (κ2) is 7.44. The van der Waals surface area contributed by atoms with E-state index in [1.54, 1.807) is 6.92 Å². The number of nitrogens with one attached hydrogen (secondary N) is 2. The Hall–Kier alpha value is -1.35. The third-order valence-electron chi connectivity index (χ3n) is 4.21. The van der Waals surface area contributed by atoms with Crippen LogP contribution in [0.25, 0.3) is 0 Å². The highest BCUT2D eigenvalue weighted by Crippen LogP contribution is 2.27. The first kappa shape index (κ1) is 15.0. The number of hydrogen-bond acceptors (Lipinski definition) is 2. The average Bonchev–Trinajstić information content (AvgIpc) is 2.42. The van der Waals surface area contributed by atoms with Crippen LogP contribution in [0.15, 0.2) is 24.3 Å². The number of carbonyl (C=O) groups is 1. The first-order chi connectivity index (χ1) is 9.65. The van der Waals surface area contributed by atoms with E-state index in [2.05, 4.69) is 23.6 Å². The highest BCUT2D eigenvalue weighted by molar-refractivity contribution is 5.89. The summed E-state index contributed by atoms with van der Waals surface area (Å²) in [5.41, 5.74) is 2.08. The lowest BCUT2D eigenvalue weighted by Crippen LogP contribution is -2.26. The summed E-state index contributed by atoms with van der Waals surface area (Å²) in [5, 5.41) is 6.44. The van der Waals surface area contributed by atoms with Gasteiger partial charge in [0.15, 0.2) is 0 Å². The summed E-state index contributed by atoms with van der Waals surface area (Å²) in [4.78, 5) is 11.2. The molecule has 2 N–H and O–H groups in total. The van der Waals surface area contributed by atoms with Crippen molar-refractivity contribution >= 4 is 11.6 Å². The van der Waals surface area contributed by atoms with Gasteiger partial charge in [0.05, 0.1) is 0 Å². The van der Waals surface area contributed by atoms with Crippen LogP contribution in [0.5, 0.6) is 0 Å². The molecule has 0 aliphatic heterocycles. The van der Waals surface area contributed by atoms with E-state index in [-0.39, 0.29) is 5.91 Å². The van der Waals surface area contributed by atoms with E-state index in [1.807, 2.05) is 18.2 Å². The Bertz CT molecular complexity index is 436. The fourth-order valence-electron chi connectivity index (χ4n) is 2.93. The van der Waals surface area contributed by atoms with Crippen molar-refractivity contribution in [1.29, 1.82) is 0 Å². The summed E-state index contributed by atoms with van der Waals surface area (Å²) >= 11 is 0. The van der Waals surface area contributed by atoms with E-state index in [0.717, 1.165) is 36.2 Å². The second-order valence-corrected chi connectivity index (χ2v) is 6.10. The quantitative estimate of drug-likeness (QED) is 0.862. The van der Waals surface area contributed by atoms with E-state index in [9.17, 15) is 4.79 Å². The zero-order valence-corrected chi connectivity index (χ0v) is 12.6. The molecule has 110 valence electrons. The van der Waals surface area contributed by atoms with Gasteiger partial charge in [0.1, 0.15) is 0 Å². The molecule has 0 heterocycles. The lowest BCUT2D eigenvalue weighted by molar-refractivity contribution is -0.114. The summed E-state index contributed by atoms with van der Waals surface area (Å²) < 4.78 is 0. The van der Waals surface area contributed by atoms with Gasteiger partial charge in [-0.1, -0.05) is 38.0 Å². The van der Waals surface area contributed by atoms with Gasteiger partial charge in [-0.3, -0.25) is 4.79 Å². The molecule has 1 amide bonds. The van der Waals surface area contributed by atoms with Crippen molar-refractivity contribution in [3.05, 3.63) is 29.8 Å². The van der Waals surface area contributed by atoms with Crippen LogP contribution in [0.2, 0.25) is 0 Å². The van der Waals surface area contributed by atoms with Gasteiger partial charge in [0.2, 0.25) is 5.91 Å². The molecule has 1 aromatic carbocycles. The summed E-state index contributed by atoms with van der Waals surface area (Å²) in [6, 6.07) is 8.00. The molecular formula is C17H26N2O. The number of para-hydroxylation sites is 1. The Balaban J connectivity index is 1.80. The van der Waals surface area contributed by atoms with E-state index in [0.29, 0.717) is 0 Å². The molecule has 0 atom stereocenters. The minimum Gasteiger partial charge on any atom is -0.326 e. The predicted octanol–water partition coefficient (Wildman–Crippen LogP) is 3.56. The lowest BCUT2D eigenvalue weighted by Gasteiger charge is -2.26. The molecule has 0 aromatic heterocycles. The smallest absolute Gasteiger partial charge is 0.221 e. The van der Waals surface area contributed by atoms with Crippen LogP contribution < -0.4 is 10.6 Å². The van der Waals surface area contributed by atoms with Crippen molar-refractivity contribution in [3.8, 4) is 0 Å². The SMILES string of the molecule is CC(=O)Nc1ccccc1CNCC1CCC(C)CC1. The minimum atomic E-state index is -0.0151. The predicted molar refractivity (Wildman–Crippen MR) is 83.6 cm³/mol. The molecule has 2 rings (SSSR count). The number of hydrogen-bond donors (Lipinski definition) is 2. The summed E-state index contributed by atoms with van der Waals surface area (Å²) in [6.45, 7) is 5.81. The highest BCUT2D eigenvalue weighted by atomic mass is 16.1. The Morgan fingerprint density at radius 1 is 1.20 bits per heavy atom. The van der Waals surface area contributed by atoms with Crippen LogP contribution in [0, 0.1) is 11.8 Å². The average molecular weight is 274 g/mol. The monoisotopic (exact) mass is 274 g/mol. The van der Waals surface area contributed by atoms with Crippen LogP contribution in [-0.2, 0) is 11.3 Å². The van der Waals surface area contributed by atoms with Gasteiger partial charge in [0, 0.05) is 19.2 Å².